The molecular weight excluding hydrogens is 420 g/mol. The van der Waals surface area contributed by atoms with Gasteiger partial charge in [0.25, 0.3) is 5.91 Å². The van der Waals surface area contributed by atoms with Crippen molar-refractivity contribution in [3.8, 4) is 0 Å². The van der Waals surface area contributed by atoms with Crippen LogP contribution in [0.25, 0.3) is 5.70 Å². The van der Waals surface area contributed by atoms with E-state index in [9.17, 15) is 9.59 Å². The molecular formula is C22H23BrN2O3. The van der Waals surface area contributed by atoms with Gasteiger partial charge in [0.2, 0.25) is 0 Å². The molecule has 6 heteroatoms. The summed E-state index contributed by atoms with van der Waals surface area (Å²) in [6, 6.07) is 15.0. The van der Waals surface area contributed by atoms with E-state index in [1.165, 1.54) is 0 Å². The molecule has 1 aliphatic heterocycles. The number of ether oxygens (including phenoxy) is 1. The van der Waals surface area contributed by atoms with Gasteiger partial charge >= 0.3 is 5.97 Å². The van der Waals surface area contributed by atoms with Gasteiger partial charge in [-0.05, 0) is 60.8 Å². The van der Waals surface area contributed by atoms with Crippen LogP contribution in [0.1, 0.15) is 31.9 Å². The number of halogens is 1. The molecule has 0 spiro atoms. The standard InChI is InChI=1S/C22H23BrN2O3/c1-4-28-21(27)18(20(26)24-17-12-8-7-11-16(17)23)19-15-10-6-5-9-14(15)13-22(2,3)25-19/h5-12,25H,4,13H2,1-3H3,(H,24,26)/b19-18-. The van der Waals surface area contributed by atoms with Gasteiger partial charge in [0.05, 0.1) is 18.0 Å². The average molecular weight is 443 g/mol. The molecule has 0 bridgehead atoms. The van der Waals surface area contributed by atoms with Gasteiger partial charge in [-0.1, -0.05) is 36.4 Å². The number of carbonyl (C=O) groups is 2. The monoisotopic (exact) mass is 442 g/mol. The van der Waals surface area contributed by atoms with Crippen molar-refractivity contribution >= 4 is 39.2 Å². The average Bonchev–Trinajstić information content (AvgIpc) is 2.63. The molecule has 28 heavy (non-hydrogen) atoms. The number of amides is 1. The van der Waals surface area contributed by atoms with E-state index in [-0.39, 0.29) is 17.7 Å². The van der Waals surface area contributed by atoms with Crippen LogP contribution in [0.15, 0.2) is 58.6 Å². The van der Waals surface area contributed by atoms with Crippen molar-refractivity contribution in [3.63, 3.8) is 0 Å². The quantitative estimate of drug-likeness (QED) is 0.320. The van der Waals surface area contributed by atoms with Crippen molar-refractivity contribution in [2.75, 3.05) is 11.9 Å². The smallest absolute Gasteiger partial charge is 0.345 e. The van der Waals surface area contributed by atoms with Crippen LogP contribution in [0.5, 0.6) is 0 Å². The second-order valence-electron chi connectivity index (χ2n) is 7.25. The van der Waals surface area contributed by atoms with Crippen LogP contribution in [0.4, 0.5) is 5.69 Å². The van der Waals surface area contributed by atoms with Gasteiger partial charge in [-0.25, -0.2) is 4.79 Å². The van der Waals surface area contributed by atoms with E-state index in [0.29, 0.717) is 11.4 Å². The van der Waals surface area contributed by atoms with E-state index in [1.807, 2.05) is 56.3 Å². The van der Waals surface area contributed by atoms with E-state index < -0.39 is 11.9 Å². The zero-order chi connectivity index (χ0) is 20.3. The normalized spacial score (nSPS) is 16.4. The van der Waals surface area contributed by atoms with Crippen molar-refractivity contribution in [3.05, 3.63) is 69.7 Å². The number of hydrogen-bond donors (Lipinski definition) is 2. The highest BCUT2D eigenvalue weighted by molar-refractivity contribution is 9.10. The molecule has 3 rings (SSSR count). The number of rotatable bonds is 4. The molecule has 0 aliphatic carbocycles. The van der Waals surface area contributed by atoms with Crippen LogP contribution in [0.3, 0.4) is 0 Å². The van der Waals surface area contributed by atoms with Crippen molar-refractivity contribution in [1.29, 1.82) is 0 Å². The Hall–Kier alpha value is -2.60. The lowest BCUT2D eigenvalue weighted by Crippen LogP contribution is -2.45. The Morgan fingerprint density at radius 1 is 1.14 bits per heavy atom. The molecule has 0 radical (unpaired) electrons. The molecule has 0 aromatic heterocycles. The SMILES string of the molecule is CCOC(=O)/C(C(=O)Nc1ccccc1Br)=C1\NC(C)(C)Cc2ccccc21. The highest BCUT2D eigenvalue weighted by Crippen LogP contribution is 2.32. The second-order valence-corrected chi connectivity index (χ2v) is 8.10. The van der Waals surface area contributed by atoms with Crippen LogP contribution in [0, 0.1) is 0 Å². The lowest BCUT2D eigenvalue weighted by molar-refractivity contribution is -0.139. The number of nitrogens with one attached hydrogen (secondary N) is 2. The van der Waals surface area contributed by atoms with Gasteiger partial charge in [0.1, 0.15) is 5.57 Å². The fourth-order valence-electron chi connectivity index (χ4n) is 3.30. The largest absolute Gasteiger partial charge is 0.462 e. The van der Waals surface area contributed by atoms with Gasteiger partial charge in [-0.15, -0.1) is 0 Å². The Bertz CT molecular complexity index is 950. The lowest BCUT2D eigenvalue weighted by atomic mass is 9.84. The molecule has 1 amide bonds. The van der Waals surface area contributed by atoms with Crippen molar-refractivity contribution < 1.29 is 14.3 Å². The number of esters is 1. The first kappa shape index (κ1) is 20.1. The summed E-state index contributed by atoms with van der Waals surface area (Å²) < 4.78 is 5.95. The molecule has 2 N–H and O–H groups in total. The molecule has 146 valence electrons. The molecule has 0 unspecified atom stereocenters. The molecule has 2 aromatic rings. The van der Waals surface area contributed by atoms with Crippen molar-refractivity contribution in [2.24, 2.45) is 0 Å². The third-order valence-corrected chi connectivity index (χ3v) is 5.15. The Morgan fingerprint density at radius 3 is 2.54 bits per heavy atom. The van der Waals surface area contributed by atoms with Crippen LogP contribution in [0.2, 0.25) is 0 Å². The molecule has 0 saturated carbocycles. The lowest BCUT2D eigenvalue weighted by Gasteiger charge is -2.36. The maximum Gasteiger partial charge on any atom is 0.345 e. The summed E-state index contributed by atoms with van der Waals surface area (Å²) in [5.41, 5.74) is 2.66. The predicted molar refractivity (Wildman–Crippen MR) is 114 cm³/mol. The number of para-hydroxylation sites is 1. The minimum atomic E-state index is -0.651. The first-order valence-electron chi connectivity index (χ1n) is 9.16. The fraction of sp³-hybridized carbons (Fsp3) is 0.273. The maximum absolute atomic E-state index is 13.2. The number of fused-ring (bicyclic) bond motifs is 1. The summed E-state index contributed by atoms with van der Waals surface area (Å²) in [5, 5.41) is 6.20. The Balaban J connectivity index is 2.13. The van der Waals surface area contributed by atoms with Gasteiger partial charge in [0, 0.05) is 15.6 Å². The Morgan fingerprint density at radius 2 is 1.82 bits per heavy atom. The molecule has 2 aromatic carbocycles. The number of anilines is 1. The fourth-order valence-corrected chi connectivity index (χ4v) is 3.68. The summed E-state index contributed by atoms with van der Waals surface area (Å²) in [4.78, 5) is 26.0. The molecule has 0 saturated heterocycles. The molecule has 0 atom stereocenters. The van der Waals surface area contributed by atoms with Gasteiger partial charge < -0.3 is 15.4 Å². The number of benzene rings is 2. The Kier molecular flexibility index (Phi) is 5.89. The minimum absolute atomic E-state index is 0.0298. The molecule has 1 aliphatic rings. The van der Waals surface area contributed by atoms with Crippen LogP contribution < -0.4 is 10.6 Å². The molecule has 0 fully saturated rings. The first-order chi connectivity index (χ1) is 13.3. The number of hydrogen-bond acceptors (Lipinski definition) is 4. The third-order valence-electron chi connectivity index (χ3n) is 4.46. The second kappa shape index (κ2) is 8.19. The van der Waals surface area contributed by atoms with Crippen LogP contribution in [-0.4, -0.2) is 24.0 Å². The van der Waals surface area contributed by atoms with Gasteiger partial charge in [-0.3, -0.25) is 4.79 Å². The third kappa shape index (κ3) is 4.28. The van der Waals surface area contributed by atoms with E-state index in [4.69, 9.17) is 4.74 Å². The highest BCUT2D eigenvalue weighted by atomic mass is 79.9. The summed E-state index contributed by atoms with van der Waals surface area (Å²) >= 11 is 3.42. The summed E-state index contributed by atoms with van der Waals surface area (Å²) in [6.45, 7) is 5.98. The zero-order valence-electron chi connectivity index (χ0n) is 16.1. The van der Waals surface area contributed by atoms with Crippen molar-refractivity contribution in [2.45, 2.75) is 32.7 Å². The highest BCUT2D eigenvalue weighted by Gasteiger charge is 2.34. The number of carbonyl (C=O) groups excluding carboxylic acids is 2. The van der Waals surface area contributed by atoms with Crippen LogP contribution in [-0.2, 0) is 20.7 Å². The topological polar surface area (TPSA) is 67.4 Å². The van der Waals surface area contributed by atoms with E-state index >= 15 is 0 Å². The van der Waals surface area contributed by atoms with Gasteiger partial charge in [0.15, 0.2) is 0 Å². The van der Waals surface area contributed by atoms with E-state index in [1.54, 1.807) is 13.0 Å². The van der Waals surface area contributed by atoms with Gasteiger partial charge in [-0.2, -0.15) is 0 Å². The zero-order valence-corrected chi connectivity index (χ0v) is 17.7. The summed E-state index contributed by atoms with van der Waals surface area (Å²) in [6.07, 6.45) is 0.786. The van der Waals surface area contributed by atoms with E-state index in [0.717, 1.165) is 22.0 Å². The summed E-state index contributed by atoms with van der Waals surface area (Å²) in [5.74, 6) is -1.16. The molecule has 5 nitrogen and oxygen atoms in total. The van der Waals surface area contributed by atoms with Crippen molar-refractivity contribution in [1.82, 2.24) is 5.32 Å². The minimum Gasteiger partial charge on any atom is -0.462 e. The van der Waals surface area contributed by atoms with E-state index in [2.05, 4.69) is 26.6 Å². The molecule has 1 heterocycles. The van der Waals surface area contributed by atoms with Crippen LogP contribution >= 0.6 is 15.9 Å². The predicted octanol–water partition coefficient (Wildman–Crippen LogP) is 4.29. The maximum atomic E-state index is 13.2. The Labute approximate surface area is 173 Å². The summed E-state index contributed by atoms with van der Waals surface area (Å²) in [7, 11) is 0. The first-order valence-corrected chi connectivity index (χ1v) is 9.95.